The van der Waals surface area contributed by atoms with Crippen LogP contribution in [0.1, 0.15) is 32.8 Å². The zero-order valence-corrected chi connectivity index (χ0v) is 12.3. The minimum absolute atomic E-state index is 0.0361. The Morgan fingerprint density at radius 3 is 2.72 bits per heavy atom. The molecule has 3 nitrogen and oxygen atoms in total. The number of benzene rings is 1. The Kier molecular flexibility index (Phi) is 5.54. The summed E-state index contributed by atoms with van der Waals surface area (Å²) in [6.07, 6.45) is 1.07. The van der Waals surface area contributed by atoms with E-state index in [-0.39, 0.29) is 11.2 Å². The summed E-state index contributed by atoms with van der Waals surface area (Å²) in [5.41, 5.74) is 8.25. The maximum Gasteiger partial charge on any atom is 0.237 e. The Bertz CT molecular complexity index is 420. The number of carbonyl (C=O) groups is 1. The van der Waals surface area contributed by atoms with Crippen LogP contribution >= 0.6 is 11.8 Å². The molecule has 2 atom stereocenters. The number of hydrogen-bond donors (Lipinski definition) is 2. The monoisotopic (exact) mass is 266 g/mol. The molecular weight excluding hydrogens is 244 g/mol. The van der Waals surface area contributed by atoms with E-state index < -0.39 is 0 Å². The van der Waals surface area contributed by atoms with Gasteiger partial charge in [0.2, 0.25) is 5.91 Å². The average Bonchev–Trinajstić information content (AvgIpc) is 2.34. The van der Waals surface area contributed by atoms with Crippen LogP contribution in [0.5, 0.6) is 0 Å². The van der Waals surface area contributed by atoms with Gasteiger partial charge in [0, 0.05) is 16.6 Å². The smallest absolute Gasteiger partial charge is 0.237 e. The third kappa shape index (κ3) is 3.95. The normalized spacial score (nSPS) is 14.0. The first-order valence-corrected chi connectivity index (χ1v) is 7.21. The van der Waals surface area contributed by atoms with Gasteiger partial charge in [-0.1, -0.05) is 19.9 Å². The Labute approximate surface area is 114 Å². The predicted octanol–water partition coefficient (Wildman–Crippen LogP) is 3.44. The van der Waals surface area contributed by atoms with Crippen LogP contribution in [0.2, 0.25) is 0 Å². The molecule has 2 unspecified atom stereocenters. The molecule has 1 amide bonds. The number of nitrogen functional groups attached to an aromatic ring is 1. The summed E-state index contributed by atoms with van der Waals surface area (Å²) >= 11 is 1.69. The minimum Gasteiger partial charge on any atom is -0.398 e. The van der Waals surface area contributed by atoms with Crippen molar-refractivity contribution < 1.29 is 4.79 Å². The van der Waals surface area contributed by atoms with Crippen molar-refractivity contribution in [2.75, 3.05) is 11.1 Å². The second-order valence-corrected chi connectivity index (χ2v) is 6.29. The second kappa shape index (κ2) is 6.69. The third-order valence-electron chi connectivity index (χ3n) is 3.01. The zero-order chi connectivity index (χ0) is 13.7. The summed E-state index contributed by atoms with van der Waals surface area (Å²) in [5.74, 6) is 0.0361. The highest BCUT2D eigenvalue weighted by atomic mass is 32.2. The number of hydrogen-bond acceptors (Lipinski definition) is 3. The van der Waals surface area contributed by atoms with Crippen molar-refractivity contribution in [2.24, 2.45) is 0 Å². The van der Waals surface area contributed by atoms with Gasteiger partial charge in [-0.25, -0.2) is 0 Å². The molecule has 1 rings (SSSR count). The van der Waals surface area contributed by atoms with Crippen LogP contribution in [-0.2, 0) is 4.79 Å². The van der Waals surface area contributed by atoms with E-state index in [1.165, 1.54) is 0 Å². The van der Waals surface area contributed by atoms with Crippen LogP contribution in [0.3, 0.4) is 0 Å². The number of nitrogens with two attached hydrogens (primary N) is 1. The van der Waals surface area contributed by atoms with Gasteiger partial charge in [-0.15, -0.1) is 11.8 Å². The summed E-state index contributed by atoms with van der Waals surface area (Å²) < 4.78 is 0. The summed E-state index contributed by atoms with van der Waals surface area (Å²) in [7, 11) is 0. The van der Waals surface area contributed by atoms with Crippen LogP contribution in [0.15, 0.2) is 18.2 Å². The molecule has 0 aromatic heterocycles. The van der Waals surface area contributed by atoms with Gasteiger partial charge < -0.3 is 11.1 Å². The van der Waals surface area contributed by atoms with Gasteiger partial charge in [-0.3, -0.25) is 4.79 Å². The molecule has 0 aliphatic carbocycles. The number of amides is 1. The fraction of sp³-hybridized carbons (Fsp3) is 0.500. The topological polar surface area (TPSA) is 55.1 Å². The Morgan fingerprint density at radius 1 is 1.44 bits per heavy atom. The number of nitrogens with one attached hydrogen (secondary N) is 1. The van der Waals surface area contributed by atoms with Crippen LogP contribution in [-0.4, -0.2) is 16.4 Å². The second-order valence-electron chi connectivity index (χ2n) is 4.51. The lowest BCUT2D eigenvalue weighted by Crippen LogP contribution is -2.24. The van der Waals surface area contributed by atoms with Crippen molar-refractivity contribution in [3.8, 4) is 0 Å². The first kappa shape index (κ1) is 14.9. The maximum absolute atomic E-state index is 12.1. The molecule has 0 aliphatic heterocycles. The Hall–Kier alpha value is -1.16. The number of anilines is 2. The first-order chi connectivity index (χ1) is 8.45. The maximum atomic E-state index is 12.1. The van der Waals surface area contributed by atoms with Crippen LogP contribution < -0.4 is 11.1 Å². The quantitative estimate of drug-likeness (QED) is 0.803. The molecule has 0 saturated carbocycles. The van der Waals surface area contributed by atoms with Crippen molar-refractivity contribution in [1.82, 2.24) is 0 Å². The van der Waals surface area contributed by atoms with Crippen molar-refractivity contribution >= 4 is 29.0 Å². The molecule has 0 spiro atoms. The van der Waals surface area contributed by atoms with E-state index >= 15 is 0 Å². The molecule has 1 aromatic carbocycles. The Morgan fingerprint density at radius 2 is 2.11 bits per heavy atom. The summed E-state index contributed by atoms with van der Waals surface area (Å²) in [5, 5.41) is 3.38. The lowest BCUT2D eigenvalue weighted by atomic mass is 10.1. The van der Waals surface area contributed by atoms with E-state index in [1.54, 1.807) is 11.8 Å². The summed E-state index contributed by atoms with van der Waals surface area (Å²) in [4.78, 5) is 12.1. The van der Waals surface area contributed by atoms with E-state index in [1.807, 2.05) is 32.0 Å². The molecule has 18 heavy (non-hydrogen) atoms. The van der Waals surface area contributed by atoms with Gasteiger partial charge in [0.05, 0.1) is 5.25 Å². The van der Waals surface area contributed by atoms with Crippen molar-refractivity contribution in [3.63, 3.8) is 0 Å². The molecule has 0 fully saturated rings. The largest absolute Gasteiger partial charge is 0.398 e. The Balaban J connectivity index is 2.67. The van der Waals surface area contributed by atoms with E-state index in [4.69, 9.17) is 5.73 Å². The van der Waals surface area contributed by atoms with E-state index in [0.29, 0.717) is 10.9 Å². The van der Waals surface area contributed by atoms with E-state index in [2.05, 4.69) is 19.2 Å². The van der Waals surface area contributed by atoms with Crippen molar-refractivity contribution in [1.29, 1.82) is 0 Å². The fourth-order valence-electron chi connectivity index (χ4n) is 1.53. The van der Waals surface area contributed by atoms with Gasteiger partial charge in [0.1, 0.15) is 0 Å². The molecule has 0 bridgehead atoms. The van der Waals surface area contributed by atoms with Gasteiger partial charge in [-0.05, 0) is 38.0 Å². The van der Waals surface area contributed by atoms with Crippen molar-refractivity contribution in [2.45, 2.75) is 44.6 Å². The highest BCUT2D eigenvalue weighted by molar-refractivity contribution is 8.01. The number of rotatable bonds is 5. The molecule has 0 radical (unpaired) electrons. The fourth-order valence-corrected chi connectivity index (χ4v) is 2.60. The summed E-state index contributed by atoms with van der Waals surface area (Å²) in [6, 6.07) is 5.57. The lowest BCUT2D eigenvalue weighted by molar-refractivity contribution is -0.115. The van der Waals surface area contributed by atoms with Crippen LogP contribution in [0.4, 0.5) is 11.4 Å². The standard InChI is InChI=1S/C14H22N2OS/c1-5-9(2)18-11(4)14(17)16-13-8-6-7-12(15)10(13)3/h6-9,11H,5,15H2,1-4H3,(H,16,17). The molecule has 0 saturated heterocycles. The lowest BCUT2D eigenvalue weighted by Gasteiger charge is -2.17. The van der Waals surface area contributed by atoms with Gasteiger partial charge in [0.15, 0.2) is 0 Å². The molecule has 0 heterocycles. The van der Waals surface area contributed by atoms with E-state index in [9.17, 15) is 4.79 Å². The highest BCUT2D eigenvalue weighted by Crippen LogP contribution is 2.24. The van der Waals surface area contributed by atoms with E-state index in [0.717, 1.165) is 17.7 Å². The molecule has 0 aliphatic rings. The third-order valence-corrected chi connectivity index (χ3v) is 4.43. The minimum atomic E-state index is -0.0548. The average molecular weight is 266 g/mol. The zero-order valence-electron chi connectivity index (χ0n) is 11.5. The number of carbonyl (C=O) groups excluding carboxylic acids is 1. The van der Waals surface area contributed by atoms with Gasteiger partial charge in [0.25, 0.3) is 0 Å². The molecule has 1 aromatic rings. The summed E-state index contributed by atoms with van der Waals surface area (Å²) in [6.45, 7) is 8.12. The predicted molar refractivity (Wildman–Crippen MR) is 81.0 cm³/mol. The molecular formula is C14H22N2OS. The van der Waals surface area contributed by atoms with Crippen molar-refractivity contribution in [3.05, 3.63) is 23.8 Å². The van der Waals surface area contributed by atoms with Crippen LogP contribution in [0.25, 0.3) is 0 Å². The SMILES string of the molecule is CCC(C)SC(C)C(=O)Nc1cccc(N)c1C. The molecule has 3 N–H and O–H groups in total. The highest BCUT2D eigenvalue weighted by Gasteiger charge is 2.17. The van der Waals surface area contributed by atoms with Gasteiger partial charge >= 0.3 is 0 Å². The molecule has 100 valence electrons. The molecule has 4 heteroatoms. The van der Waals surface area contributed by atoms with Crippen LogP contribution in [0, 0.1) is 6.92 Å². The van der Waals surface area contributed by atoms with Gasteiger partial charge in [-0.2, -0.15) is 0 Å². The number of thioether (sulfide) groups is 1. The first-order valence-electron chi connectivity index (χ1n) is 6.27.